The van der Waals surface area contributed by atoms with E-state index in [2.05, 4.69) is 10.2 Å². The normalized spacial score (nSPS) is 10.5. The van der Waals surface area contributed by atoms with Crippen molar-refractivity contribution in [2.24, 2.45) is 10.2 Å². The van der Waals surface area contributed by atoms with Gasteiger partial charge in [-0.3, -0.25) is 19.7 Å². The van der Waals surface area contributed by atoms with Gasteiger partial charge in [-0.1, -0.05) is 0 Å². The van der Waals surface area contributed by atoms with E-state index in [9.17, 15) is 25.0 Å². The number of nitriles is 1. The van der Waals surface area contributed by atoms with E-state index in [1.165, 1.54) is 26.0 Å². The van der Waals surface area contributed by atoms with Crippen LogP contribution in [0.1, 0.15) is 25.0 Å². The van der Waals surface area contributed by atoms with Gasteiger partial charge in [-0.05, 0) is 36.8 Å². The van der Waals surface area contributed by atoms with Crippen molar-refractivity contribution in [2.75, 3.05) is 31.2 Å². The summed E-state index contributed by atoms with van der Waals surface area (Å²) in [5.41, 5.74) is 2.19. The number of carbonyl (C=O) groups excluding carboxylic acids is 2. The lowest BCUT2D eigenvalue weighted by atomic mass is 10.1. The number of rotatable bonds is 10. The number of benzene rings is 2. The summed E-state index contributed by atoms with van der Waals surface area (Å²) in [6, 6.07) is 11.0. The fourth-order valence-corrected chi connectivity index (χ4v) is 2.84. The summed E-state index contributed by atoms with van der Waals surface area (Å²) in [6.45, 7) is 5.63. The molecule has 0 atom stereocenters. The Balaban J connectivity index is 2.21. The van der Waals surface area contributed by atoms with E-state index >= 15 is 0 Å². The van der Waals surface area contributed by atoms with E-state index in [1.807, 2.05) is 24.0 Å². The molecule has 2 aromatic rings. The SMILES string of the molecule is CC(=O)OCCN(CCOC(C)=O)c1ccc(N=Nc2ccc([N+](=O)[O-])cc2C#N)c(C)c1. The molecule has 0 fully saturated rings. The number of ether oxygens (including phenoxy) is 2. The molecule has 0 spiro atoms. The number of nitro benzene ring substituents is 1. The van der Waals surface area contributed by atoms with Crippen LogP contribution in [-0.4, -0.2) is 43.2 Å². The van der Waals surface area contributed by atoms with Crippen LogP contribution in [0.4, 0.5) is 22.7 Å². The molecule has 2 rings (SSSR count). The molecule has 0 aliphatic carbocycles. The molecule has 0 amide bonds. The molecule has 172 valence electrons. The van der Waals surface area contributed by atoms with Crippen molar-refractivity contribution >= 4 is 34.7 Å². The number of nitro groups is 1. The van der Waals surface area contributed by atoms with Gasteiger partial charge in [0.2, 0.25) is 0 Å². The summed E-state index contributed by atoms with van der Waals surface area (Å²) in [5, 5.41) is 28.4. The molecule has 0 heterocycles. The Hall–Kier alpha value is -4.33. The first kappa shape index (κ1) is 24.9. The molecule has 33 heavy (non-hydrogen) atoms. The number of anilines is 1. The van der Waals surface area contributed by atoms with Crippen LogP contribution in [0.25, 0.3) is 0 Å². The fraction of sp³-hybridized carbons (Fsp3) is 0.318. The molecule has 0 saturated heterocycles. The second-order valence-corrected chi connectivity index (χ2v) is 6.91. The number of azo groups is 1. The Morgan fingerprint density at radius 2 is 1.61 bits per heavy atom. The molecule has 2 aromatic carbocycles. The molecule has 0 N–H and O–H groups in total. The zero-order valence-electron chi connectivity index (χ0n) is 18.5. The van der Waals surface area contributed by atoms with Gasteiger partial charge in [0.25, 0.3) is 5.69 Å². The Morgan fingerprint density at radius 1 is 1.03 bits per heavy atom. The average Bonchev–Trinajstić information content (AvgIpc) is 2.76. The topological polar surface area (TPSA) is 147 Å². The maximum Gasteiger partial charge on any atom is 0.302 e. The first-order valence-corrected chi connectivity index (χ1v) is 9.94. The van der Waals surface area contributed by atoms with Crippen LogP contribution < -0.4 is 4.90 Å². The smallest absolute Gasteiger partial charge is 0.302 e. The van der Waals surface area contributed by atoms with Crippen LogP contribution in [0.5, 0.6) is 0 Å². The maximum atomic E-state index is 11.1. The predicted molar refractivity (Wildman–Crippen MR) is 119 cm³/mol. The Bertz CT molecular complexity index is 1090. The average molecular weight is 453 g/mol. The van der Waals surface area contributed by atoms with E-state index in [0.717, 1.165) is 17.3 Å². The number of nitrogens with zero attached hydrogens (tertiary/aromatic N) is 5. The third kappa shape index (κ3) is 7.70. The molecular weight excluding hydrogens is 430 g/mol. The monoisotopic (exact) mass is 453 g/mol. The van der Waals surface area contributed by atoms with Gasteiger partial charge in [0.05, 0.1) is 29.3 Å². The number of carbonyl (C=O) groups is 2. The summed E-state index contributed by atoms with van der Waals surface area (Å²) in [4.78, 5) is 34.3. The molecule has 0 unspecified atom stereocenters. The minimum atomic E-state index is -0.584. The molecule has 0 aromatic heterocycles. The number of hydrogen-bond donors (Lipinski definition) is 0. The van der Waals surface area contributed by atoms with Crippen molar-refractivity contribution in [3.05, 3.63) is 57.6 Å². The zero-order valence-corrected chi connectivity index (χ0v) is 18.5. The molecule has 0 aliphatic heterocycles. The Labute approximate surface area is 190 Å². The van der Waals surface area contributed by atoms with E-state index < -0.39 is 4.92 Å². The Morgan fingerprint density at radius 3 is 2.12 bits per heavy atom. The summed E-state index contributed by atoms with van der Waals surface area (Å²) in [7, 11) is 0. The summed E-state index contributed by atoms with van der Waals surface area (Å²) in [5.74, 6) is -0.769. The van der Waals surface area contributed by atoms with Gasteiger partial charge >= 0.3 is 11.9 Å². The molecule has 0 aliphatic rings. The minimum Gasteiger partial charge on any atom is -0.464 e. The second kappa shape index (κ2) is 11.9. The molecule has 0 bridgehead atoms. The third-order valence-electron chi connectivity index (χ3n) is 4.46. The number of hydrogen-bond acceptors (Lipinski definition) is 10. The van der Waals surface area contributed by atoms with Gasteiger partial charge in [0.1, 0.15) is 25.0 Å². The number of non-ortho nitro benzene ring substituents is 1. The van der Waals surface area contributed by atoms with Gasteiger partial charge in [0.15, 0.2) is 0 Å². The molecule has 0 saturated carbocycles. The molecular formula is C22H23N5O6. The quantitative estimate of drug-likeness (QED) is 0.226. The van der Waals surface area contributed by atoms with Crippen molar-refractivity contribution in [1.29, 1.82) is 5.26 Å². The van der Waals surface area contributed by atoms with Crippen molar-refractivity contribution < 1.29 is 24.0 Å². The summed E-state index contributed by atoms with van der Waals surface area (Å²) < 4.78 is 10.0. The predicted octanol–water partition coefficient (Wildman–Crippen LogP) is 4.12. The van der Waals surface area contributed by atoms with E-state index in [0.29, 0.717) is 18.8 Å². The highest BCUT2D eigenvalue weighted by Gasteiger charge is 2.12. The fourth-order valence-electron chi connectivity index (χ4n) is 2.84. The molecule has 0 radical (unpaired) electrons. The van der Waals surface area contributed by atoms with Gasteiger partial charge in [-0.15, -0.1) is 5.11 Å². The minimum absolute atomic E-state index is 0.0457. The van der Waals surface area contributed by atoms with Crippen molar-refractivity contribution in [1.82, 2.24) is 0 Å². The van der Waals surface area contributed by atoms with Gasteiger partial charge in [-0.2, -0.15) is 10.4 Å². The lowest BCUT2D eigenvalue weighted by molar-refractivity contribution is -0.384. The Kier molecular flexibility index (Phi) is 8.99. The largest absolute Gasteiger partial charge is 0.464 e. The second-order valence-electron chi connectivity index (χ2n) is 6.91. The zero-order chi connectivity index (χ0) is 24.4. The van der Waals surface area contributed by atoms with Crippen LogP contribution in [0.15, 0.2) is 46.6 Å². The van der Waals surface area contributed by atoms with Crippen LogP contribution in [0.3, 0.4) is 0 Å². The van der Waals surface area contributed by atoms with Crippen LogP contribution >= 0.6 is 0 Å². The molecule has 11 nitrogen and oxygen atoms in total. The van der Waals surface area contributed by atoms with Crippen LogP contribution in [-0.2, 0) is 19.1 Å². The van der Waals surface area contributed by atoms with Gasteiger partial charge < -0.3 is 14.4 Å². The van der Waals surface area contributed by atoms with E-state index in [1.54, 1.807) is 12.1 Å². The van der Waals surface area contributed by atoms with Gasteiger partial charge in [0, 0.05) is 31.7 Å². The van der Waals surface area contributed by atoms with Crippen LogP contribution in [0, 0.1) is 28.4 Å². The lowest BCUT2D eigenvalue weighted by Crippen LogP contribution is -2.31. The highest BCUT2D eigenvalue weighted by Crippen LogP contribution is 2.29. The first-order valence-electron chi connectivity index (χ1n) is 9.94. The van der Waals surface area contributed by atoms with Crippen molar-refractivity contribution in [3.63, 3.8) is 0 Å². The van der Waals surface area contributed by atoms with Crippen molar-refractivity contribution in [2.45, 2.75) is 20.8 Å². The van der Waals surface area contributed by atoms with Crippen LogP contribution in [0.2, 0.25) is 0 Å². The third-order valence-corrected chi connectivity index (χ3v) is 4.46. The van der Waals surface area contributed by atoms with E-state index in [-0.39, 0.29) is 42.1 Å². The number of esters is 2. The standard InChI is InChI=1S/C22H23N5O6/c1-15-12-19(26(8-10-32-16(2)28)9-11-33-17(3)29)4-6-21(15)24-25-22-7-5-20(27(30)31)13-18(22)14-23/h4-7,12-13H,8-11H2,1-3H3. The molecule has 11 heteroatoms. The van der Waals surface area contributed by atoms with Gasteiger partial charge in [-0.25, -0.2) is 0 Å². The highest BCUT2D eigenvalue weighted by atomic mass is 16.6. The van der Waals surface area contributed by atoms with E-state index in [4.69, 9.17) is 9.47 Å². The summed E-state index contributed by atoms with van der Waals surface area (Å²) in [6.07, 6.45) is 0. The van der Waals surface area contributed by atoms with Crippen molar-refractivity contribution in [3.8, 4) is 6.07 Å². The lowest BCUT2D eigenvalue weighted by Gasteiger charge is -2.25. The summed E-state index contributed by atoms with van der Waals surface area (Å²) >= 11 is 0. The first-order chi connectivity index (χ1) is 15.7. The maximum absolute atomic E-state index is 11.1. The number of aryl methyl sites for hydroxylation is 1. The highest BCUT2D eigenvalue weighted by molar-refractivity contribution is 5.66.